The topological polar surface area (TPSA) is 74.5 Å². The summed E-state index contributed by atoms with van der Waals surface area (Å²) in [5.74, 6) is 0.406. The minimum atomic E-state index is -0.875. The summed E-state index contributed by atoms with van der Waals surface area (Å²) in [6, 6.07) is 9.68. The van der Waals surface area contributed by atoms with Crippen LogP contribution in [-0.4, -0.2) is 17.7 Å². The van der Waals surface area contributed by atoms with Crippen LogP contribution in [0.15, 0.2) is 47.1 Å². The number of hydrogen-bond donors (Lipinski definition) is 3. The largest absolute Gasteiger partial charge is 0.467 e. The Hall–Kier alpha value is -1.98. The molecule has 0 fully saturated rings. The quantitative estimate of drug-likeness (QED) is 0.806. The first kappa shape index (κ1) is 13.5. The van der Waals surface area contributed by atoms with Crippen LogP contribution >= 0.6 is 11.6 Å². The maximum absolute atomic E-state index is 11.6. The van der Waals surface area contributed by atoms with Gasteiger partial charge in [-0.3, -0.25) is 0 Å². The second-order valence-corrected chi connectivity index (χ2v) is 4.31. The Morgan fingerprint density at radius 2 is 2.21 bits per heavy atom. The second kappa shape index (κ2) is 6.26. The Morgan fingerprint density at radius 3 is 2.89 bits per heavy atom. The van der Waals surface area contributed by atoms with E-state index in [1.165, 1.54) is 6.26 Å². The number of hydrogen-bond acceptors (Lipinski definition) is 3. The van der Waals surface area contributed by atoms with Crippen molar-refractivity contribution in [2.24, 2.45) is 0 Å². The second-order valence-electron chi connectivity index (χ2n) is 3.88. The van der Waals surface area contributed by atoms with E-state index in [0.29, 0.717) is 16.5 Å². The molecule has 2 amide bonds. The van der Waals surface area contributed by atoms with Crippen LogP contribution in [0, 0.1) is 0 Å². The number of aliphatic hydroxyl groups is 1. The highest BCUT2D eigenvalue weighted by molar-refractivity contribution is 6.30. The number of halogens is 1. The first-order valence-corrected chi connectivity index (χ1v) is 6.05. The molecule has 2 aromatic rings. The minimum absolute atomic E-state index is 0.0555. The SMILES string of the molecule is O=C(NCC(O)c1ccco1)Nc1cccc(Cl)c1. The highest BCUT2D eigenvalue weighted by Crippen LogP contribution is 2.15. The number of rotatable bonds is 4. The molecule has 2 rings (SSSR count). The third-order valence-corrected chi connectivity index (χ3v) is 2.65. The fraction of sp³-hybridized carbons (Fsp3) is 0.154. The van der Waals surface area contributed by atoms with Crippen molar-refractivity contribution in [3.05, 3.63) is 53.4 Å². The summed E-state index contributed by atoms with van der Waals surface area (Å²) in [6.45, 7) is 0.0555. The molecule has 6 heteroatoms. The van der Waals surface area contributed by atoms with E-state index in [1.54, 1.807) is 36.4 Å². The van der Waals surface area contributed by atoms with Crippen LogP contribution in [0.3, 0.4) is 0 Å². The van der Waals surface area contributed by atoms with Gasteiger partial charge in [0.15, 0.2) is 0 Å². The van der Waals surface area contributed by atoms with Gasteiger partial charge in [-0.2, -0.15) is 0 Å². The fourth-order valence-corrected chi connectivity index (χ4v) is 1.70. The van der Waals surface area contributed by atoms with Gasteiger partial charge >= 0.3 is 6.03 Å². The highest BCUT2D eigenvalue weighted by atomic mass is 35.5. The Bertz CT molecular complexity index is 543. The van der Waals surface area contributed by atoms with Gasteiger partial charge in [0.1, 0.15) is 11.9 Å². The first-order valence-electron chi connectivity index (χ1n) is 5.67. The van der Waals surface area contributed by atoms with Crippen molar-refractivity contribution in [1.82, 2.24) is 5.32 Å². The van der Waals surface area contributed by atoms with Crippen molar-refractivity contribution in [3.8, 4) is 0 Å². The molecule has 1 heterocycles. The monoisotopic (exact) mass is 280 g/mol. The predicted octanol–water partition coefficient (Wildman–Crippen LogP) is 2.79. The number of carbonyl (C=O) groups excluding carboxylic acids is 1. The van der Waals surface area contributed by atoms with Crippen LogP contribution in [0.4, 0.5) is 10.5 Å². The van der Waals surface area contributed by atoms with Crippen LogP contribution in [0.25, 0.3) is 0 Å². The number of nitrogens with one attached hydrogen (secondary N) is 2. The molecule has 100 valence electrons. The lowest BCUT2D eigenvalue weighted by atomic mass is 10.3. The van der Waals surface area contributed by atoms with E-state index >= 15 is 0 Å². The Morgan fingerprint density at radius 1 is 1.37 bits per heavy atom. The minimum Gasteiger partial charge on any atom is -0.467 e. The summed E-state index contributed by atoms with van der Waals surface area (Å²) in [5.41, 5.74) is 0.581. The van der Waals surface area contributed by atoms with Crippen molar-refractivity contribution >= 4 is 23.3 Å². The van der Waals surface area contributed by atoms with Crippen LogP contribution in [0.5, 0.6) is 0 Å². The number of amides is 2. The van der Waals surface area contributed by atoms with E-state index in [4.69, 9.17) is 16.0 Å². The van der Waals surface area contributed by atoms with E-state index in [0.717, 1.165) is 0 Å². The van der Waals surface area contributed by atoms with E-state index in [-0.39, 0.29) is 6.54 Å². The molecule has 0 spiro atoms. The average Bonchev–Trinajstić information content (AvgIpc) is 2.90. The molecular formula is C13H13ClN2O3. The molecule has 1 aromatic carbocycles. The first-order chi connectivity index (χ1) is 9.15. The molecule has 1 aromatic heterocycles. The zero-order valence-electron chi connectivity index (χ0n) is 9.97. The zero-order valence-corrected chi connectivity index (χ0v) is 10.7. The smallest absolute Gasteiger partial charge is 0.319 e. The lowest BCUT2D eigenvalue weighted by Crippen LogP contribution is -2.32. The lowest BCUT2D eigenvalue weighted by molar-refractivity contribution is 0.149. The molecule has 19 heavy (non-hydrogen) atoms. The van der Waals surface area contributed by atoms with E-state index in [1.807, 2.05) is 0 Å². The number of furan rings is 1. The molecular weight excluding hydrogens is 268 g/mol. The van der Waals surface area contributed by atoms with Gasteiger partial charge in [-0.25, -0.2) is 4.79 Å². The molecule has 0 saturated heterocycles. The molecule has 0 bridgehead atoms. The Labute approximate surface area is 115 Å². The van der Waals surface area contributed by atoms with Gasteiger partial charge in [-0.1, -0.05) is 17.7 Å². The maximum Gasteiger partial charge on any atom is 0.319 e. The molecule has 1 unspecified atom stereocenters. The summed E-state index contributed by atoms with van der Waals surface area (Å²) in [7, 11) is 0. The third-order valence-electron chi connectivity index (χ3n) is 2.41. The number of aliphatic hydroxyl groups excluding tert-OH is 1. The number of urea groups is 1. The van der Waals surface area contributed by atoms with Gasteiger partial charge in [0.05, 0.1) is 12.8 Å². The van der Waals surface area contributed by atoms with Gasteiger partial charge in [0.25, 0.3) is 0 Å². The number of anilines is 1. The van der Waals surface area contributed by atoms with Crippen molar-refractivity contribution < 1.29 is 14.3 Å². The van der Waals surface area contributed by atoms with Gasteiger partial charge < -0.3 is 20.2 Å². The van der Waals surface area contributed by atoms with E-state index < -0.39 is 12.1 Å². The van der Waals surface area contributed by atoms with Gasteiger partial charge in [0, 0.05) is 10.7 Å². The van der Waals surface area contributed by atoms with Gasteiger partial charge in [-0.05, 0) is 30.3 Å². The molecule has 0 aliphatic rings. The van der Waals surface area contributed by atoms with Crippen LogP contribution in [-0.2, 0) is 0 Å². The summed E-state index contributed by atoms with van der Waals surface area (Å²) in [5, 5.41) is 15.4. The Kier molecular flexibility index (Phi) is 4.43. The van der Waals surface area contributed by atoms with Crippen molar-refractivity contribution in [2.45, 2.75) is 6.10 Å². The van der Waals surface area contributed by atoms with E-state index in [2.05, 4.69) is 10.6 Å². The normalized spacial score (nSPS) is 11.9. The van der Waals surface area contributed by atoms with Gasteiger partial charge in [0.2, 0.25) is 0 Å². The van der Waals surface area contributed by atoms with Crippen molar-refractivity contribution in [1.29, 1.82) is 0 Å². The summed E-state index contributed by atoms with van der Waals surface area (Å²) < 4.78 is 5.02. The Balaban J connectivity index is 1.82. The molecule has 1 atom stereocenters. The van der Waals surface area contributed by atoms with Crippen molar-refractivity contribution in [2.75, 3.05) is 11.9 Å². The van der Waals surface area contributed by atoms with Crippen LogP contribution < -0.4 is 10.6 Å². The molecule has 0 aliphatic heterocycles. The van der Waals surface area contributed by atoms with Crippen LogP contribution in [0.2, 0.25) is 5.02 Å². The summed E-state index contributed by atoms with van der Waals surface area (Å²) in [4.78, 5) is 11.6. The van der Waals surface area contributed by atoms with Gasteiger partial charge in [-0.15, -0.1) is 0 Å². The number of carbonyl (C=O) groups is 1. The zero-order chi connectivity index (χ0) is 13.7. The lowest BCUT2D eigenvalue weighted by Gasteiger charge is -2.10. The molecule has 3 N–H and O–H groups in total. The summed E-state index contributed by atoms with van der Waals surface area (Å²) >= 11 is 5.80. The highest BCUT2D eigenvalue weighted by Gasteiger charge is 2.11. The fourth-order valence-electron chi connectivity index (χ4n) is 1.51. The molecule has 0 aliphatic carbocycles. The van der Waals surface area contributed by atoms with Crippen LogP contribution in [0.1, 0.15) is 11.9 Å². The molecule has 0 saturated carbocycles. The molecule has 0 radical (unpaired) electrons. The third kappa shape index (κ3) is 4.01. The average molecular weight is 281 g/mol. The van der Waals surface area contributed by atoms with E-state index in [9.17, 15) is 9.90 Å². The number of benzene rings is 1. The molecule has 5 nitrogen and oxygen atoms in total. The van der Waals surface area contributed by atoms with Crippen molar-refractivity contribution in [3.63, 3.8) is 0 Å². The standard InChI is InChI=1S/C13H13ClN2O3/c14-9-3-1-4-10(7-9)16-13(18)15-8-11(17)12-5-2-6-19-12/h1-7,11,17H,8H2,(H2,15,16,18). The maximum atomic E-state index is 11.6. The summed E-state index contributed by atoms with van der Waals surface area (Å²) in [6.07, 6.45) is 0.588. The predicted molar refractivity (Wildman–Crippen MR) is 72.1 cm³/mol.